The topological polar surface area (TPSA) is 85.3 Å². The number of nitriles is 1. The molecule has 0 aromatic heterocycles. The molecule has 5 nitrogen and oxygen atoms in total. The zero-order valence-corrected chi connectivity index (χ0v) is 11.8. The Kier molecular flexibility index (Phi) is 3.28. The maximum Gasteiger partial charge on any atom is 0.260 e. The number of amides is 1. The van der Waals surface area contributed by atoms with E-state index in [1.807, 2.05) is 18.2 Å². The predicted octanol–water partition coefficient (Wildman–Crippen LogP) is 2.61. The largest absolute Gasteiger partial charge is 0.497 e. The van der Waals surface area contributed by atoms with E-state index in [1.165, 1.54) is 0 Å². The number of carbonyl (C=O) groups is 1. The normalized spacial score (nSPS) is 14.0. The summed E-state index contributed by atoms with van der Waals surface area (Å²) in [4.78, 5) is 11.6. The van der Waals surface area contributed by atoms with Crippen molar-refractivity contribution in [1.29, 1.82) is 5.26 Å². The predicted molar refractivity (Wildman–Crippen MR) is 80.3 cm³/mol. The highest BCUT2D eigenvalue weighted by Gasteiger charge is 2.27. The summed E-state index contributed by atoms with van der Waals surface area (Å²) in [5, 5.41) is 9.33. The number of nitrogens with two attached hydrogens (primary N) is 1. The van der Waals surface area contributed by atoms with Crippen molar-refractivity contribution in [1.82, 2.24) is 0 Å². The van der Waals surface area contributed by atoms with E-state index in [-0.39, 0.29) is 5.57 Å². The minimum absolute atomic E-state index is 0.0952. The number of rotatable bonds is 2. The van der Waals surface area contributed by atoms with Gasteiger partial charge in [-0.05, 0) is 18.2 Å². The van der Waals surface area contributed by atoms with Gasteiger partial charge in [-0.15, -0.1) is 0 Å². The average Bonchev–Trinajstić information content (AvgIpc) is 2.54. The van der Waals surface area contributed by atoms with Gasteiger partial charge in [-0.1, -0.05) is 18.2 Å². The number of nitrogens with zero attached hydrogens (tertiary/aromatic N) is 1. The molecule has 22 heavy (non-hydrogen) atoms. The Labute approximate surface area is 127 Å². The van der Waals surface area contributed by atoms with E-state index >= 15 is 0 Å². The zero-order chi connectivity index (χ0) is 15.7. The Hall–Kier alpha value is -3.26. The van der Waals surface area contributed by atoms with Gasteiger partial charge in [0.2, 0.25) is 0 Å². The molecule has 0 bridgehead atoms. The van der Waals surface area contributed by atoms with Crippen molar-refractivity contribution in [2.45, 2.75) is 0 Å². The summed E-state index contributed by atoms with van der Waals surface area (Å²) in [5.41, 5.74) is 7.05. The first-order chi connectivity index (χ1) is 10.7. The lowest BCUT2D eigenvalue weighted by molar-refractivity contribution is -0.114. The third-order valence-electron chi connectivity index (χ3n) is 3.44. The van der Waals surface area contributed by atoms with Crippen LogP contribution >= 0.6 is 0 Å². The van der Waals surface area contributed by atoms with Crippen LogP contribution in [0.1, 0.15) is 11.1 Å². The first kappa shape index (κ1) is 13.7. The summed E-state index contributed by atoms with van der Waals surface area (Å²) in [6, 6.07) is 14.3. The van der Waals surface area contributed by atoms with Crippen molar-refractivity contribution in [2.75, 3.05) is 7.11 Å². The number of ether oxygens (including phenoxy) is 2. The third kappa shape index (κ3) is 2.07. The van der Waals surface area contributed by atoms with Gasteiger partial charge in [0.25, 0.3) is 5.91 Å². The van der Waals surface area contributed by atoms with Gasteiger partial charge in [-0.2, -0.15) is 5.26 Å². The molecular formula is C17H12N2O3. The lowest BCUT2D eigenvalue weighted by atomic mass is 9.90. The third-order valence-corrected chi connectivity index (χ3v) is 3.44. The number of fused-ring (bicyclic) bond motifs is 2. The van der Waals surface area contributed by atoms with Crippen LogP contribution in [0.4, 0.5) is 0 Å². The summed E-state index contributed by atoms with van der Waals surface area (Å²) in [6.07, 6.45) is 0. The van der Waals surface area contributed by atoms with Crippen LogP contribution < -0.4 is 15.2 Å². The Morgan fingerprint density at radius 2 is 1.91 bits per heavy atom. The molecule has 108 valence electrons. The molecule has 0 unspecified atom stereocenters. The second kappa shape index (κ2) is 5.26. The standard InChI is InChI=1S/C17H12N2O3/c1-21-10-6-7-12-15(8-10)22-14-5-3-2-4-11(14)16(12)13(9-18)17(19)20/h2-8H,1H3,(H2,19,20)/b16-13-. The van der Waals surface area contributed by atoms with Gasteiger partial charge in [0.1, 0.15) is 28.9 Å². The number of methoxy groups -OCH3 is 1. The van der Waals surface area contributed by atoms with Crippen molar-refractivity contribution in [2.24, 2.45) is 5.73 Å². The van der Waals surface area contributed by atoms with Gasteiger partial charge in [0.15, 0.2) is 0 Å². The van der Waals surface area contributed by atoms with Gasteiger partial charge >= 0.3 is 0 Å². The lowest BCUT2D eigenvalue weighted by Crippen LogP contribution is -2.16. The molecule has 0 fully saturated rings. The van der Waals surface area contributed by atoms with Crippen molar-refractivity contribution in [3.63, 3.8) is 0 Å². The highest BCUT2D eigenvalue weighted by molar-refractivity contribution is 6.09. The second-order valence-corrected chi connectivity index (χ2v) is 4.69. The summed E-state index contributed by atoms with van der Waals surface area (Å²) in [5.74, 6) is 0.931. The van der Waals surface area contributed by atoms with Crippen LogP contribution in [-0.4, -0.2) is 13.0 Å². The molecule has 0 radical (unpaired) electrons. The van der Waals surface area contributed by atoms with E-state index in [0.717, 1.165) is 0 Å². The molecule has 1 aliphatic heterocycles. The number of hydrogen-bond acceptors (Lipinski definition) is 4. The Balaban J connectivity index is 2.35. The molecule has 0 aliphatic carbocycles. The van der Waals surface area contributed by atoms with Crippen molar-refractivity contribution in [3.05, 3.63) is 59.2 Å². The number of primary amides is 1. The highest BCUT2D eigenvalue weighted by atomic mass is 16.5. The van der Waals surface area contributed by atoms with Gasteiger partial charge in [-0.3, -0.25) is 4.79 Å². The van der Waals surface area contributed by atoms with E-state index in [2.05, 4.69) is 0 Å². The van der Waals surface area contributed by atoms with E-state index in [4.69, 9.17) is 15.2 Å². The number of benzene rings is 2. The fourth-order valence-electron chi connectivity index (χ4n) is 2.45. The van der Waals surface area contributed by atoms with Crippen LogP contribution in [0, 0.1) is 11.3 Å². The van der Waals surface area contributed by atoms with E-state index in [0.29, 0.717) is 33.9 Å². The minimum Gasteiger partial charge on any atom is -0.497 e. The molecule has 0 spiro atoms. The highest BCUT2D eigenvalue weighted by Crippen LogP contribution is 2.45. The minimum atomic E-state index is -0.768. The number of para-hydroxylation sites is 1. The molecule has 1 heterocycles. The quantitative estimate of drug-likeness (QED) is 0.581. The smallest absolute Gasteiger partial charge is 0.260 e. The SMILES string of the molecule is COc1ccc2c(c1)Oc1ccccc1/C2=C(\C#N)C(N)=O. The van der Waals surface area contributed by atoms with Crippen molar-refractivity contribution in [3.8, 4) is 23.3 Å². The molecule has 2 N–H and O–H groups in total. The summed E-state index contributed by atoms with van der Waals surface area (Å²) >= 11 is 0. The lowest BCUT2D eigenvalue weighted by Gasteiger charge is -2.23. The van der Waals surface area contributed by atoms with E-state index in [9.17, 15) is 10.1 Å². The van der Waals surface area contributed by atoms with E-state index < -0.39 is 5.91 Å². The molecule has 5 heteroatoms. The monoisotopic (exact) mass is 292 g/mol. The Morgan fingerprint density at radius 3 is 2.59 bits per heavy atom. The summed E-state index contributed by atoms with van der Waals surface area (Å²) in [6.45, 7) is 0. The number of hydrogen-bond donors (Lipinski definition) is 1. The van der Waals surface area contributed by atoms with Crippen LogP contribution in [0.5, 0.6) is 17.2 Å². The van der Waals surface area contributed by atoms with Crippen LogP contribution in [0.25, 0.3) is 5.57 Å². The van der Waals surface area contributed by atoms with Crippen LogP contribution in [0.3, 0.4) is 0 Å². The maximum atomic E-state index is 11.6. The molecule has 0 saturated heterocycles. The molecule has 0 atom stereocenters. The van der Waals surface area contributed by atoms with Gasteiger partial charge in [0, 0.05) is 22.8 Å². The molecule has 0 saturated carbocycles. The Morgan fingerprint density at radius 1 is 1.18 bits per heavy atom. The van der Waals surface area contributed by atoms with Gasteiger partial charge in [-0.25, -0.2) is 0 Å². The fraction of sp³-hybridized carbons (Fsp3) is 0.0588. The van der Waals surface area contributed by atoms with Gasteiger partial charge in [0.05, 0.1) is 7.11 Å². The molecule has 2 aromatic rings. The molecule has 1 amide bonds. The molecule has 1 aliphatic rings. The Bertz CT molecular complexity index is 847. The summed E-state index contributed by atoms with van der Waals surface area (Å²) in [7, 11) is 1.55. The summed E-state index contributed by atoms with van der Waals surface area (Å²) < 4.78 is 11.0. The number of carbonyl (C=O) groups excluding carboxylic acids is 1. The first-order valence-electron chi connectivity index (χ1n) is 6.55. The van der Waals surface area contributed by atoms with E-state index in [1.54, 1.807) is 37.4 Å². The second-order valence-electron chi connectivity index (χ2n) is 4.69. The van der Waals surface area contributed by atoms with Crippen molar-refractivity contribution >= 4 is 11.5 Å². The molecular weight excluding hydrogens is 280 g/mol. The zero-order valence-electron chi connectivity index (χ0n) is 11.8. The maximum absolute atomic E-state index is 11.6. The molecule has 2 aromatic carbocycles. The first-order valence-corrected chi connectivity index (χ1v) is 6.55. The van der Waals surface area contributed by atoms with Gasteiger partial charge < -0.3 is 15.2 Å². The van der Waals surface area contributed by atoms with Crippen molar-refractivity contribution < 1.29 is 14.3 Å². The molecule has 3 rings (SSSR count). The average molecular weight is 292 g/mol. The van der Waals surface area contributed by atoms with Crippen LogP contribution in [0.15, 0.2) is 48.0 Å². The van der Waals surface area contributed by atoms with Crippen LogP contribution in [0.2, 0.25) is 0 Å². The fourth-order valence-corrected chi connectivity index (χ4v) is 2.45. The van der Waals surface area contributed by atoms with Crippen LogP contribution in [-0.2, 0) is 4.79 Å².